The molecular formula is C13H10Cl3N3S. The molecule has 3 aromatic heterocycles. The molecule has 0 aliphatic rings. The second kappa shape index (κ2) is 5.53. The van der Waals surface area contributed by atoms with Crippen LogP contribution in [0.4, 0.5) is 0 Å². The summed E-state index contributed by atoms with van der Waals surface area (Å²) in [4.78, 5) is 10.0. The topological polar surface area (TPSA) is 30.7 Å². The number of nitrogens with zero attached hydrogens (tertiary/aromatic N) is 3. The van der Waals surface area contributed by atoms with Crippen molar-refractivity contribution in [3.63, 3.8) is 0 Å². The third kappa shape index (κ3) is 2.66. The Morgan fingerprint density at radius 3 is 2.80 bits per heavy atom. The Hall–Kier alpha value is -0.810. The summed E-state index contributed by atoms with van der Waals surface area (Å²) < 4.78 is 2.77. The summed E-state index contributed by atoms with van der Waals surface area (Å²) in [5.41, 5.74) is 1.53. The van der Waals surface area contributed by atoms with Crippen LogP contribution in [-0.4, -0.2) is 14.5 Å². The lowest BCUT2D eigenvalue weighted by Crippen LogP contribution is -2.05. The van der Waals surface area contributed by atoms with Crippen LogP contribution in [0.5, 0.6) is 0 Å². The minimum atomic E-state index is -0.210. The van der Waals surface area contributed by atoms with Crippen molar-refractivity contribution in [2.75, 3.05) is 0 Å². The van der Waals surface area contributed by atoms with Crippen molar-refractivity contribution in [1.29, 1.82) is 0 Å². The summed E-state index contributed by atoms with van der Waals surface area (Å²) in [6, 6.07) is 5.68. The van der Waals surface area contributed by atoms with E-state index in [9.17, 15) is 0 Å². The van der Waals surface area contributed by atoms with Crippen molar-refractivity contribution in [1.82, 2.24) is 14.5 Å². The van der Waals surface area contributed by atoms with E-state index in [1.54, 1.807) is 12.3 Å². The molecule has 3 rings (SSSR count). The number of pyridine rings is 1. The Morgan fingerprint density at radius 2 is 2.15 bits per heavy atom. The van der Waals surface area contributed by atoms with E-state index >= 15 is 0 Å². The van der Waals surface area contributed by atoms with Crippen LogP contribution in [0.3, 0.4) is 0 Å². The number of imidazole rings is 1. The number of hydrogen-bond acceptors (Lipinski definition) is 3. The zero-order chi connectivity index (χ0) is 14.3. The third-order valence-electron chi connectivity index (χ3n) is 2.88. The molecule has 3 nitrogen and oxygen atoms in total. The number of thiophene rings is 1. The van der Waals surface area contributed by atoms with Gasteiger partial charge in [0, 0.05) is 11.1 Å². The van der Waals surface area contributed by atoms with Crippen LogP contribution >= 0.6 is 46.1 Å². The fraction of sp³-hybridized carbons (Fsp3) is 0.231. The first kappa shape index (κ1) is 14.1. The van der Waals surface area contributed by atoms with Gasteiger partial charge in [-0.1, -0.05) is 23.2 Å². The molecule has 3 heterocycles. The van der Waals surface area contributed by atoms with Gasteiger partial charge in [-0.15, -0.1) is 22.9 Å². The molecule has 0 saturated heterocycles. The molecule has 0 aliphatic carbocycles. The molecule has 0 amide bonds. The Balaban J connectivity index is 2.13. The first-order valence-electron chi connectivity index (χ1n) is 5.94. The molecule has 0 saturated carbocycles. The number of fused-ring (bicyclic) bond motifs is 1. The number of halogens is 3. The highest BCUT2D eigenvalue weighted by atomic mass is 35.5. The summed E-state index contributed by atoms with van der Waals surface area (Å²) in [7, 11) is 0. The zero-order valence-corrected chi connectivity index (χ0v) is 13.6. The molecule has 20 heavy (non-hydrogen) atoms. The van der Waals surface area contributed by atoms with E-state index in [-0.39, 0.29) is 5.38 Å². The summed E-state index contributed by atoms with van der Waals surface area (Å²) >= 11 is 19.7. The van der Waals surface area contributed by atoms with Crippen molar-refractivity contribution in [2.45, 2.75) is 18.8 Å². The SMILES string of the molecule is CC(Cl)c1nc2cc(Cl)cnc2n1Cc1ccc(Cl)s1. The average Bonchev–Trinajstić information content (AvgIpc) is 2.94. The average molecular weight is 347 g/mol. The van der Waals surface area contributed by atoms with Gasteiger partial charge in [-0.25, -0.2) is 9.97 Å². The molecule has 7 heteroatoms. The Morgan fingerprint density at radius 1 is 1.35 bits per heavy atom. The highest BCUT2D eigenvalue weighted by Crippen LogP contribution is 2.28. The summed E-state index contributed by atoms with van der Waals surface area (Å²) in [5, 5.41) is 0.355. The van der Waals surface area contributed by atoms with Crippen LogP contribution in [0, 0.1) is 0 Å². The predicted octanol–water partition coefficient (Wildman–Crippen LogP) is 5.15. The smallest absolute Gasteiger partial charge is 0.160 e. The lowest BCUT2D eigenvalue weighted by atomic mass is 10.4. The maximum atomic E-state index is 6.22. The Labute approximate surface area is 135 Å². The van der Waals surface area contributed by atoms with Gasteiger partial charge < -0.3 is 4.57 Å². The molecule has 0 spiro atoms. The van der Waals surface area contributed by atoms with E-state index in [0.29, 0.717) is 11.6 Å². The molecule has 3 aromatic rings. The maximum Gasteiger partial charge on any atom is 0.160 e. The van der Waals surface area contributed by atoms with E-state index < -0.39 is 0 Å². The number of alkyl halides is 1. The van der Waals surface area contributed by atoms with Crippen LogP contribution in [0.15, 0.2) is 24.4 Å². The standard InChI is InChI=1S/C13H10Cl3N3S/c1-7(14)12-18-10-4-8(15)5-17-13(10)19(12)6-9-2-3-11(16)20-9/h2-5,7H,6H2,1H3. The van der Waals surface area contributed by atoms with Crippen LogP contribution in [0.2, 0.25) is 9.36 Å². The molecule has 0 bridgehead atoms. The quantitative estimate of drug-likeness (QED) is 0.614. The van der Waals surface area contributed by atoms with E-state index in [2.05, 4.69) is 9.97 Å². The molecule has 0 aromatic carbocycles. The molecule has 0 aliphatic heterocycles. The lowest BCUT2D eigenvalue weighted by Gasteiger charge is -2.08. The van der Waals surface area contributed by atoms with Crippen molar-refractivity contribution in [2.24, 2.45) is 0 Å². The van der Waals surface area contributed by atoms with Crippen LogP contribution in [0.1, 0.15) is 23.0 Å². The normalized spacial score (nSPS) is 13.0. The fourth-order valence-electron chi connectivity index (χ4n) is 2.06. The lowest BCUT2D eigenvalue weighted by molar-refractivity contribution is 0.744. The first-order valence-corrected chi connectivity index (χ1v) is 7.95. The van der Waals surface area contributed by atoms with Crippen LogP contribution in [0.25, 0.3) is 11.2 Å². The highest BCUT2D eigenvalue weighted by molar-refractivity contribution is 7.16. The molecule has 0 radical (unpaired) electrons. The minimum Gasteiger partial charge on any atom is -0.306 e. The van der Waals surface area contributed by atoms with Gasteiger partial charge in [0.1, 0.15) is 11.3 Å². The summed E-state index contributed by atoms with van der Waals surface area (Å²) in [6.45, 7) is 2.54. The van der Waals surface area contributed by atoms with Gasteiger partial charge in [0.05, 0.1) is 21.3 Å². The first-order chi connectivity index (χ1) is 9.54. The largest absolute Gasteiger partial charge is 0.306 e. The number of aromatic nitrogens is 3. The number of rotatable bonds is 3. The fourth-order valence-corrected chi connectivity index (χ4v) is 3.45. The second-order valence-electron chi connectivity index (χ2n) is 4.37. The summed E-state index contributed by atoms with van der Waals surface area (Å²) in [6.07, 6.45) is 1.62. The molecular weight excluding hydrogens is 337 g/mol. The zero-order valence-electron chi connectivity index (χ0n) is 10.5. The van der Waals surface area contributed by atoms with Crippen LogP contribution in [-0.2, 0) is 6.54 Å². The highest BCUT2D eigenvalue weighted by Gasteiger charge is 2.17. The van der Waals surface area contributed by atoms with E-state index in [1.165, 1.54) is 11.3 Å². The molecule has 0 fully saturated rings. The number of hydrogen-bond donors (Lipinski definition) is 0. The van der Waals surface area contributed by atoms with Gasteiger partial charge in [0.2, 0.25) is 0 Å². The Kier molecular flexibility index (Phi) is 3.91. The van der Waals surface area contributed by atoms with Gasteiger partial charge in [-0.2, -0.15) is 0 Å². The van der Waals surface area contributed by atoms with Gasteiger partial charge >= 0.3 is 0 Å². The van der Waals surface area contributed by atoms with E-state index in [0.717, 1.165) is 26.2 Å². The molecule has 1 atom stereocenters. The van der Waals surface area contributed by atoms with Crippen molar-refractivity contribution < 1.29 is 0 Å². The molecule has 0 N–H and O–H groups in total. The Bertz CT molecular complexity index is 763. The van der Waals surface area contributed by atoms with Crippen molar-refractivity contribution in [3.8, 4) is 0 Å². The molecule has 1 unspecified atom stereocenters. The van der Waals surface area contributed by atoms with Gasteiger partial charge in [-0.05, 0) is 25.1 Å². The van der Waals surface area contributed by atoms with Gasteiger partial charge in [0.15, 0.2) is 5.65 Å². The van der Waals surface area contributed by atoms with E-state index in [4.69, 9.17) is 34.8 Å². The van der Waals surface area contributed by atoms with Gasteiger partial charge in [0.25, 0.3) is 0 Å². The van der Waals surface area contributed by atoms with Crippen LogP contribution < -0.4 is 0 Å². The van der Waals surface area contributed by atoms with E-state index in [1.807, 2.05) is 23.6 Å². The third-order valence-corrected chi connectivity index (χ3v) is 4.50. The predicted molar refractivity (Wildman–Crippen MR) is 85.2 cm³/mol. The maximum absolute atomic E-state index is 6.22. The monoisotopic (exact) mass is 345 g/mol. The van der Waals surface area contributed by atoms with Crippen molar-refractivity contribution in [3.05, 3.63) is 44.5 Å². The second-order valence-corrected chi connectivity index (χ2v) is 7.26. The van der Waals surface area contributed by atoms with Crippen molar-refractivity contribution >= 4 is 57.3 Å². The minimum absolute atomic E-state index is 0.210. The summed E-state index contributed by atoms with van der Waals surface area (Å²) in [5.74, 6) is 0.779. The van der Waals surface area contributed by atoms with Gasteiger partial charge in [-0.3, -0.25) is 0 Å². The molecule has 104 valence electrons.